The average Bonchev–Trinajstić information content (AvgIpc) is 2.83. The highest BCUT2D eigenvalue weighted by Crippen LogP contribution is 2.28. The molecule has 0 atom stereocenters. The first-order valence-corrected chi connectivity index (χ1v) is 12.4. The lowest BCUT2D eigenvalue weighted by Crippen LogP contribution is -2.39. The number of carbonyl (C=O) groups is 2. The number of rotatable bonds is 8. The van der Waals surface area contributed by atoms with E-state index in [1.54, 1.807) is 68.4 Å². The van der Waals surface area contributed by atoms with Crippen molar-refractivity contribution in [1.29, 1.82) is 0 Å². The molecule has 0 aliphatic carbocycles. The molecule has 2 amide bonds. The zero-order valence-electron chi connectivity index (χ0n) is 19.4. The Hall–Kier alpha value is -3.69. The number of hydrogen-bond donors (Lipinski definition) is 2. The number of anilines is 2. The maximum absolute atomic E-state index is 13.4. The van der Waals surface area contributed by atoms with Crippen LogP contribution in [0.2, 0.25) is 5.02 Å². The number of sulfonamides is 1. The zero-order valence-corrected chi connectivity index (χ0v) is 21.0. The minimum atomic E-state index is -4.06. The van der Waals surface area contributed by atoms with Crippen LogP contribution in [0.15, 0.2) is 82.8 Å². The van der Waals surface area contributed by atoms with Crippen molar-refractivity contribution in [3.63, 3.8) is 0 Å². The predicted octanol–water partition coefficient (Wildman–Crippen LogP) is 4.34. The molecule has 0 fully saturated rings. The standard InChI is InChI=1S/C25H25ClN4O4S/c1-17-12-13-22(15-24(17)26)30(35(33,34)23-10-5-4-6-11-23)16-25(32)29-28-18(2)20-8-7-9-21(14-20)27-19(3)31/h4-15H,16H2,1-3H3,(H,27,31)(H,29,32)/b28-18+. The van der Waals surface area contributed by atoms with Gasteiger partial charge in [0, 0.05) is 17.6 Å². The summed E-state index contributed by atoms with van der Waals surface area (Å²) in [6.45, 7) is 4.38. The fourth-order valence-electron chi connectivity index (χ4n) is 3.17. The zero-order chi connectivity index (χ0) is 25.6. The molecule has 0 unspecified atom stereocenters. The molecule has 0 saturated carbocycles. The third kappa shape index (κ3) is 6.68. The number of aryl methyl sites for hydroxylation is 1. The molecule has 2 N–H and O–H groups in total. The van der Waals surface area contributed by atoms with Gasteiger partial charge in [-0.25, -0.2) is 13.8 Å². The topological polar surface area (TPSA) is 108 Å². The molecule has 10 heteroatoms. The van der Waals surface area contributed by atoms with E-state index in [4.69, 9.17) is 11.6 Å². The summed E-state index contributed by atoms with van der Waals surface area (Å²) in [4.78, 5) is 24.1. The number of amides is 2. The normalized spacial score (nSPS) is 11.6. The number of hydrazone groups is 1. The number of nitrogens with one attached hydrogen (secondary N) is 2. The minimum Gasteiger partial charge on any atom is -0.326 e. The molecule has 182 valence electrons. The Morgan fingerprint density at radius 2 is 1.69 bits per heavy atom. The molecule has 3 rings (SSSR count). The number of nitrogens with zero attached hydrogens (tertiary/aromatic N) is 2. The Kier molecular flexibility index (Phi) is 8.26. The Labute approximate surface area is 209 Å². The van der Waals surface area contributed by atoms with Gasteiger partial charge in [0.15, 0.2) is 0 Å². The van der Waals surface area contributed by atoms with Crippen molar-refractivity contribution < 1.29 is 18.0 Å². The molecule has 3 aromatic rings. The summed E-state index contributed by atoms with van der Waals surface area (Å²) in [6, 6.07) is 19.6. The highest BCUT2D eigenvalue weighted by Gasteiger charge is 2.27. The number of benzene rings is 3. The van der Waals surface area contributed by atoms with Crippen LogP contribution in [0, 0.1) is 6.92 Å². The molecule has 8 nitrogen and oxygen atoms in total. The summed E-state index contributed by atoms with van der Waals surface area (Å²) in [7, 11) is -4.06. The largest absolute Gasteiger partial charge is 0.326 e. The SMILES string of the molecule is CC(=O)Nc1cccc(/C(C)=N/NC(=O)CN(c2ccc(C)c(Cl)c2)S(=O)(=O)c2ccccc2)c1. The third-order valence-corrected chi connectivity index (χ3v) is 7.21. The second kappa shape index (κ2) is 11.2. The highest BCUT2D eigenvalue weighted by molar-refractivity contribution is 7.92. The van der Waals surface area contributed by atoms with Crippen molar-refractivity contribution >= 4 is 50.5 Å². The van der Waals surface area contributed by atoms with Crippen LogP contribution in [0.3, 0.4) is 0 Å². The number of carbonyl (C=O) groups excluding carboxylic acids is 2. The second-order valence-corrected chi connectivity index (χ2v) is 10.0. The molecule has 0 bridgehead atoms. The van der Waals surface area contributed by atoms with Crippen molar-refractivity contribution in [2.24, 2.45) is 5.10 Å². The summed E-state index contributed by atoms with van der Waals surface area (Å²) < 4.78 is 27.8. The Balaban J connectivity index is 1.85. The first kappa shape index (κ1) is 25.9. The first-order chi connectivity index (χ1) is 16.6. The van der Waals surface area contributed by atoms with Gasteiger partial charge < -0.3 is 5.32 Å². The van der Waals surface area contributed by atoms with Gasteiger partial charge in [-0.15, -0.1) is 0 Å². The minimum absolute atomic E-state index is 0.0407. The van der Waals surface area contributed by atoms with E-state index in [1.165, 1.54) is 25.1 Å². The van der Waals surface area contributed by atoms with Gasteiger partial charge in [0.05, 0.1) is 16.3 Å². The molecule has 0 aliphatic rings. The first-order valence-electron chi connectivity index (χ1n) is 10.6. The molecule has 0 heterocycles. The quantitative estimate of drug-likeness (QED) is 0.345. The summed E-state index contributed by atoms with van der Waals surface area (Å²) in [5.74, 6) is -0.848. The predicted molar refractivity (Wildman–Crippen MR) is 138 cm³/mol. The second-order valence-electron chi connectivity index (χ2n) is 7.75. The lowest BCUT2D eigenvalue weighted by molar-refractivity contribution is -0.119. The third-order valence-electron chi connectivity index (χ3n) is 5.01. The van der Waals surface area contributed by atoms with Crippen molar-refractivity contribution in [2.45, 2.75) is 25.7 Å². The van der Waals surface area contributed by atoms with Crippen LogP contribution in [-0.4, -0.2) is 32.5 Å². The molecule has 0 radical (unpaired) electrons. The van der Waals surface area contributed by atoms with E-state index in [1.807, 2.05) is 0 Å². The van der Waals surface area contributed by atoms with Crippen molar-refractivity contribution in [2.75, 3.05) is 16.2 Å². The van der Waals surface area contributed by atoms with E-state index in [0.29, 0.717) is 22.0 Å². The van der Waals surface area contributed by atoms with E-state index >= 15 is 0 Å². The summed E-state index contributed by atoms with van der Waals surface area (Å²) in [6.07, 6.45) is 0. The van der Waals surface area contributed by atoms with Gasteiger partial charge >= 0.3 is 0 Å². The van der Waals surface area contributed by atoms with Gasteiger partial charge in [-0.2, -0.15) is 5.10 Å². The molecule has 0 aromatic heterocycles. The molecule has 0 spiro atoms. The van der Waals surface area contributed by atoms with Crippen molar-refractivity contribution in [3.05, 3.63) is 88.9 Å². The maximum atomic E-state index is 13.4. The number of halogens is 1. The van der Waals surface area contributed by atoms with Gasteiger partial charge in [0.25, 0.3) is 15.9 Å². The molecular weight excluding hydrogens is 488 g/mol. The van der Waals surface area contributed by atoms with E-state index in [9.17, 15) is 18.0 Å². The van der Waals surface area contributed by atoms with Gasteiger partial charge in [0.1, 0.15) is 6.54 Å². The van der Waals surface area contributed by atoms with Crippen LogP contribution in [0.5, 0.6) is 0 Å². The smallest absolute Gasteiger partial charge is 0.264 e. The maximum Gasteiger partial charge on any atom is 0.264 e. The monoisotopic (exact) mass is 512 g/mol. The van der Waals surface area contributed by atoms with Crippen LogP contribution >= 0.6 is 11.6 Å². The summed E-state index contributed by atoms with van der Waals surface area (Å²) >= 11 is 6.24. The fourth-order valence-corrected chi connectivity index (χ4v) is 4.78. The van der Waals surface area contributed by atoms with Gasteiger partial charge in [-0.3, -0.25) is 13.9 Å². The van der Waals surface area contributed by atoms with Gasteiger partial charge in [0.2, 0.25) is 5.91 Å². The van der Waals surface area contributed by atoms with Crippen LogP contribution in [-0.2, 0) is 19.6 Å². The van der Waals surface area contributed by atoms with Gasteiger partial charge in [-0.05, 0) is 61.4 Å². The van der Waals surface area contributed by atoms with Crippen molar-refractivity contribution in [3.8, 4) is 0 Å². The lowest BCUT2D eigenvalue weighted by atomic mass is 10.1. The molecular formula is C25H25ClN4O4S. The van der Waals surface area contributed by atoms with E-state index in [2.05, 4.69) is 15.8 Å². The Bertz CT molecular complexity index is 1380. The van der Waals surface area contributed by atoms with Crippen LogP contribution in [0.4, 0.5) is 11.4 Å². The van der Waals surface area contributed by atoms with E-state index < -0.39 is 22.5 Å². The van der Waals surface area contributed by atoms with Crippen LogP contribution in [0.1, 0.15) is 25.0 Å². The van der Waals surface area contributed by atoms with Crippen molar-refractivity contribution in [1.82, 2.24) is 5.43 Å². The van der Waals surface area contributed by atoms with Crippen LogP contribution < -0.4 is 15.0 Å². The molecule has 0 aliphatic heterocycles. The van der Waals surface area contributed by atoms with E-state index in [-0.39, 0.29) is 16.5 Å². The average molecular weight is 513 g/mol. The summed E-state index contributed by atoms with van der Waals surface area (Å²) in [5.41, 5.74) is 5.18. The van der Waals surface area contributed by atoms with Crippen LogP contribution in [0.25, 0.3) is 0 Å². The Morgan fingerprint density at radius 3 is 2.34 bits per heavy atom. The highest BCUT2D eigenvalue weighted by atomic mass is 35.5. The lowest BCUT2D eigenvalue weighted by Gasteiger charge is -2.24. The molecule has 0 saturated heterocycles. The summed E-state index contributed by atoms with van der Waals surface area (Å²) in [5, 5.41) is 7.17. The molecule has 3 aromatic carbocycles. The molecule has 35 heavy (non-hydrogen) atoms. The Morgan fingerprint density at radius 1 is 0.971 bits per heavy atom. The van der Waals surface area contributed by atoms with E-state index in [0.717, 1.165) is 9.87 Å². The fraction of sp³-hybridized carbons (Fsp3) is 0.160. The number of hydrogen-bond acceptors (Lipinski definition) is 5. The van der Waals surface area contributed by atoms with Gasteiger partial charge in [-0.1, -0.05) is 48.0 Å².